The molecule has 2 atom stereocenters. The Kier molecular flexibility index (Phi) is 3.79. The molecule has 22 heavy (non-hydrogen) atoms. The minimum Gasteiger partial charge on any atom is -0.493 e. The quantitative estimate of drug-likeness (QED) is 0.792. The standard InChI is InChI=1S/C15H17NO6/c1-4-19-15(17)12-8(2)13(22-16-12)9-5-10(18-3)14-11(6-9)20-7-21-14/h5-6,8,13H,4,7H2,1-3H3/t8-,13-/m1/s1. The van der Waals surface area contributed by atoms with E-state index in [4.69, 9.17) is 23.8 Å². The van der Waals surface area contributed by atoms with Crippen molar-refractivity contribution in [3.63, 3.8) is 0 Å². The molecule has 0 fully saturated rings. The van der Waals surface area contributed by atoms with Gasteiger partial charge in [-0.2, -0.15) is 0 Å². The summed E-state index contributed by atoms with van der Waals surface area (Å²) in [6.07, 6.45) is -0.400. The first-order valence-corrected chi connectivity index (χ1v) is 7.04. The minimum absolute atomic E-state index is 0.154. The first-order chi connectivity index (χ1) is 10.7. The third-order valence-electron chi connectivity index (χ3n) is 3.64. The summed E-state index contributed by atoms with van der Waals surface area (Å²) in [6.45, 7) is 4.07. The Hall–Kier alpha value is -2.44. The largest absolute Gasteiger partial charge is 0.493 e. The molecule has 118 valence electrons. The van der Waals surface area contributed by atoms with E-state index in [1.54, 1.807) is 20.1 Å². The third kappa shape index (κ3) is 2.32. The fourth-order valence-corrected chi connectivity index (χ4v) is 2.52. The fourth-order valence-electron chi connectivity index (χ4n) is 2.52. The molecule has 0 aliphatic carbocycles. The van der Waals surface area contributed by atoms with E-state index in [1.807, 2.05) is 13.0 Å². The van der Waals surface area contributed by atoms with Crippen molar-refractivity contribution in [1.29, 1.82) is 0 Å². The van der Waals surface area contributed by atoms with Crippen LogP contribution in [0.3, 0.4) is 0 Å². The molecule has 0 saturated heterocycles. The molecular weight excluding hydrogens is 290 g/mol. The number of hydrogen-bond acceptors (Lipinski definition) is 7. The maximum absolute atomic E-state index is 11.8. The van der Waals surface area contributed by atoms with Gasteiger partial charge in [-0.25, -0.2) is 4.79 Å². The van der Waals surface area contributed by atoms with Crippen LogP contribution in [0.25, 0.3) is 0 Å². The number of methoxy groups -OCH3 is 1. The van der Waals surface area contributed by atoms with Gasteiger partial charge in [-0.05, 0) is 19.1 Å². The van der Waals surface area contributed by atoms with Gasteiger partial charge in [0.15, 0.2) is 23.3 Å². The Morgan fingerprint density at radius 3 is 2.95 bits per heavy atom. The van der Waals surface area contributed by atoms with Crippen LogP contribution in [0.2, 0.25) is 0 Å². The van der Waals surface area contributed by atoms with Gasteiger partial charge in [-0.3, -0.25) is 0 Å². The second kappa shape index (κ2) is 5.75. The average Bonchev–Trinajstić information content (AvgIpc) is 3.12. The van der Waals surface area contributed by atoms with E-state index >= 15 is 0 Å². The van der Waals surface area contributed by atoms with E-state index in [2.05, 4.69) is 5.16 Å². The number of oxime groups is 1. The highest BCUT2D eigenvalue weighted by atomic mass is 16.7. The Balaban J connectivity index is 1.86. The van der Waals surface area contributed by atoms with Gasteiger partial charge in [0.1, 0.15) is 0 Å². The van der Waals surface area contributed by atoms with Gasteiger partial charge >= 0.3 is 5.97 Å². The van der Waals surface area contributed by atoms with Crippen molar-refractivity contribution in [3.8, 4) is 17.2 Å². The van der Waals surface area contributed by atoms with Crippen molar-refractivity contribution in [2.75, 3.05) is 20.5 Å². The summed E-state index contributed by atoms with van der Waals surface area (Å²) in [5.74, 6) is 1.04. The number of benzene rings is 1. The lowest BCUT2D eigenvalue weighted by molar-refractivity contribution is -0.135. The second-order valence-corrected chi connectivity index (χ2v) is 4.97. The Bertz CT molecular complexity index is 627. The summed E-state index contributed by atoms with van der Waals surface area (Å²) in [4.78, 5) is 17.3. The van der Waals surface area contributed by atoms with Crippen LogP contribution in [0, 0.1) is 5.92 Å². The molecule has 7 heteroatoms. The normalized spacial score (nSPS) is 22.0. The number of fused-ring (bicyclic) bond motifs is 1. The molecule has 0 N–H and O–H groups in total. The monoisotopic (exact) mass is 307 g/mol. The molecule has 1 aromatic carbocycles. The molecule has 0 unspecified atom stereocenters. The first kappa shape index (κ1) is 14.5. The molecule has 2 aliphatic rings. The SMILES string of the molecule is CCOC(=O)C1=NO[C@@H](c2cc(OC)c3c(c2)OCO3)[C@@H]1C. The number of ether oxygens (including phenoxy) is 4. The zero-order valence-electron chi connectivity index (χ0n) is 12.6. The zero-order chi connectivity index (χ0) is 15.7. The van der Waals surface area contributed by atoms with Crippen LogP contribution in [-0.4, -0.2) is 32.2 Å². The summed E-state index contributed by atoms with van der Waals surface area (Å²) in [5, 5.41) is 3.87. The molecule has 2 aliphatic heterocycles. The lowest BCUT2D eigenvalue weighted by Gasteiger charge is -2.16. The molecule has 2 heterocycles. The number of esters is 1. The molecule has 3 rings (SSSR count). The topological polar surface area (TPSA) is 75.6 Å². The molecule has 7 nitrogen and oxygen atoms in total. The van der Waals surface area contributed by atoms with Gasteiger partial charge in [-0.1, -0.05) is 12.1 Å². The molecule has 0 amide bonds. The number of nitrogens with zero attached hydrogens (tertiary/aromatic N) is 1. The molecule has 0 bridgehead atoms. The van der Waals surface area contributed by atoms with Crippen LogP contribution < -0.4 is 14.2 Å². The zero-order valence-corrected chi connectivity index (χ0v) is 12.6. The summed E-state index contributed by atoms with van der Waals surface area (Å²) in [7, 11) is 1.56. The van der Waals surface area contributed by atoms with Crippen molar-refractivity contribution in [2.45, 2.75) is 20.0 Å². The number of rotatable bonds is 4. The number of hydrogen-bond donors (Lipinski definition) is 0. The smallest absolute Gasteiger partial charge is 0.356 e. The van der Waals surface area contributed by atoms with Gasteiger partial charge in [0.2, 0.25) is 12.5 Å². The van der Waals surface area contributed by atoms with E-state index in [0.717, 1.165) is 5.56 Å². The summed E-state index contributed by atoms with van der Waals surface area (Å²) < 4.78 is 21.1. The van der Waals surface area contributed by atoms with Crippen molar-refractivity contribution in [2.24, 2.45) is 11.1 Å². The molecule has 1 aromatic rings. The lowest BCUT2D eigenvalue weighted by Crippen LogP contribution is -2.24. The average molecular weight is 307 g/mol. The van der Waals surface area contributed by atoms with E-state index < -0.39 is 12.1 Å². The van der Waals surface area contributed by atoms with Crippen molar-refractivity contribution in [3.05, 3.63) is 17.7 Å². The van der Waals surface area contributed by atoms with Crippen molar-refractivity contribution >= 4 is 11.7 Å². The van der Waals surface area contributed by atoms with E-state index in [0.29, 0.717) is 23.9 Å². The van der Waals surface area contributed by atoms with E-state index in [-0.39, 0.29) is 18.4 Å². The predicted octanol–water partition coefficient (Wildman–Crippen LogP) is 2.05. The Labute approximate surface area is 127 Å². The summed E-state index contributed by atoms with van der Waals surface area (Å²) in [5.41, 5.74) is 1.08. The Morgan fingerprint density at radius 2 is 2.23 bits per heavy atom. The van der Waals surface area contributed by atoms with E-state index in [9.17, 15) is 4.79 Å². The predicted molar refractivity (Wildman–Crippen MR) is 76.2 cm³/mol. The molecule has 0 radical (unpaired) electrons. The van der Waals surface area contributed by atoms with Gasteiger partial charge in [0.05, 0.1) is 19.6 Å². The summed E-state index contributed by atoms with van der Waals surface area (Å²) >= 11 is 0. The van der Waals surface area contributed by atoms with E-state index in [1.165, 1.54) is 0 Å². The fraction of sp³-hybridized carbons (Fsp3) is 0.467. The third-order valence-corrected chi connectivity index (χ3v) is 3.64. The maximum Gasteiger partial charge on any atom is 0.356 e. The molecule has 0 spiro atoms. The highest BCUT2D eigenvalue weighted by Crippen LogP contribution is 2.45. The highest BCUT2D eigenvalue weighted by molar-refractivity contribution is 6.37. The van der Waals surface area contributed by atoms with Crippen LogP contribution in [0.4, 0.5) is 0 Å². The van der Waals surface area contributed by atoms with Crippen molar-refractivity contribution in [1.82, 2.24) is 0 Å². The van der Waals surface area contributed by atoms with Gasteiger partial charge in [0, 0.05) is 5.56 Å². The van der Waals surface area contributed by atoms with Crippen LogP contribution in [0.5, 0.6) is 17.2 Å². The van der Waals surface area contributed by atoms with Crippen molar-refractivity contribution < 1.29 is 28.6 Å². The van der Waals surface area contributed by atoms with Gasteiger partial charge in [0.25, 0.3) is 0 Å². The number of carbonyl (C=O) groups excluding carboxylic acids is 1. The first-order valence-electron chi connectivity index (χ1n) is 7.04. The molecule has 0 saturated carbocycles. The van der Waals surface area contributed by atoms with Crippen LogP contribution in [0.15, 0.2) is 17.3 Å². The van der Waals surface area contributed by atoms with Crippen LogP contribution >= 0.6 is 0 Å². The lowest BCUT2D eigenvalue weighted by atomic mass is 9.93. The minimum atomic E-state index is -0.454. The van der Waals surface area contributed by atoms with Gasteiger partial charge in [-0.15, -0.1) is 0 Å². The highest BCUT2D eigenvalue weighted by Gasteiger charge is 2.38. The summed E-state index contributed by atoms with van der Waals surface area (Å²) in [6, 6.07) is 3.62. The van der Waals surface area contributed by atoms with Gasteiger partial charge < -0.3 is 23.8 Å². The second-order valence-electron chi connectivity index (χ2n) is 4.97. The Morgan fingerprint density at radius 1 is 1.41 bits per heavy atom. The van der Waals surface area contributed by atoms with Crippen LogP contribution in [-0.2, 0) is 14.4 Å². The van der Waals surface area contributed by atoms with Crippen LogP contribution in [0.1, 0.15) is 25.5 Å². The maximum atomic E-state index is 11.8. The number of carbonyl (C=O) groups is 1. The molecular formula is C15H17NO6. The molecule has 0 aromatic heterocycles.